The molecule has 0 spiro atoms. The van der Waals surface area contributed by atoms with Gasteiger partial charge in [0.1, 0.15) is 11.5 Å². The van der Waals surface area contributed by atoms with Gasteiger partial charge in [-0.3, -0.25) is 0 Å². The van der Waals surface area contributed by atoms with E-state index in [9.17, 15) is 5.11 Å². The molecule has 138 valence electrons. The Balaban J connectivity index is 2.26. The molecule has 2 aromatic rings. The largest absolute Gasteiger partial charge is 0.497 e. The third-order valence-corrected chi connectivity index (χ3v) is 4.20. The standard InChI is InChI=1S/C22H26O4/c1-25-21-9-5-17(6-10-21)14-19(4-3-13-23)20(16-24)15-18-7-11-22(26-2)12-8-18/h3-12,23-24H,13-16H2,1-2H3/b4-3+,20-19-. The summed E-state index contributed by atoms with van der Waals surface area (Å²) in [5.41, 5.74) is 4.14. The lowest BCUT2D eigenvalue weighted by Gasteiger charge is -2.13. The van der Waals surface area contributed by atoms with Crippen molar-refractivity contribution in [3.8, 4) is 11.5 Å². The van der Waals surface area contributed by atoms with Crippen molar-refractivity contribution in [1.29, 1.82) is 0 Å². The van der Waals surface area contributed by atoms with Gasteiger partial charge in [-0.25, -0.2) is 0 Å². The predicted molar refractivity (Wildman–Crippen MR) is 104 cm³/mol. The zero-order valence-electron chi connectivity index (χ0n) is 15.3. The van der Waals surface area contributed by atoms with Gasteiger partial charge >= 0.3 is 0 Å². The SMILES string of the molecule is COc1ccc(CC(/C=C/CO)=C(\CO)Cc2ccc(OC)cc2)cc1. The summed E-state index contributed by atoms with van der Waals surface area (Å²) in [6.07, 6.45) is 4.90. The molecule has 4 heteroatoms. The summed E-state index contributed by atoms with van der Waals surface area (Å²) in [6, 6.07) is 15.7. The van der Waals surface area contributed by atoms with Crippen LogP contribution in [0.25, 0.3) is 0 Å². The first-order valence-electron chi connectivity index (χ1n) is 8.55. The van der Waals surface area contributed by atoms with E-state index in [0.29, 0.717) is 12.8 Å². The van der Waals surface area contributed by atoms with Gasteiger partial charge < -0.3 is 19.7 Å². The summed E-state index contributed by atoms with van der Waals surface area (Å²) in [4.78, 5) is 0. The van der Waals surface area contributed by atoms with E-state index >= 15 is 0 Å². The van der Waals surface area contributed by atoms with E-state index in [4.69, 9.17) is 14.6 Å². The van der Waals surface area contributed by atoms with Crippen LogP contribution >= 0.6 is 0 Å². The smallest absolute Gasteiger partial charge is 0.118 e. The summed E-state index contributed by atoms with van der Waals surface area (Å²) in [5.74, 6) is 1.62. The molecule has 0 atom stereocenters. The van der Waals surface area contributed by atoms with Crippen molar-refractivity contribution >= 4 is 0 Å². The molecule has 4 nitrogen and oxygen atoms in total. The minimum Gasteiger partial charge on any atom is -0.497 e. The molecule has 0 unspecified atom stereocenters. The van der Waals surface area contributed by atoms with Crippen LogP contribution in [0.4, 0.5) is 0 Å². The molecule has 0 aliphatic carbocycles. The van der Waals surface area contributed by atoms with Crippen LogP contribution < -0.4 is 9.47 Å². The minimum absolute atomic E-state index is 0.0344. The fourth-order valence-corrected chi connectivity index (χ4v) is 2.72. The summed E-state index contributed by atoms with van der Waals surface area (Å²) < 4.78 is 10.4. The second-order valence-electron chi connectivity index (χ2n) is 5.92. The lowest BCUT2D eigenvalue weighted by Crippen LogP contribution is -2.03. The molecule has 2 rings (SSSR count). The van der Waals surface area contributed by atoms with Gasteiger partial charge in [0.25, 0.3) is 0 Å². The number of rotatable bonds is 9. The van der Waals surface area contributed by atoms with E-state index in [0.717, 1.165) is 33.8 Å². The zero-order chi connectivity index (χ0) is 18.8. The van der Waals surface area contributed by atoms with E-state index in [1.807, 2.05) is 54.6 Å². The number of allylic oxidation sites excluding steroid dienone is 2. The number of benzene rings is 2. The van der Waals surface area contributed by atoms with Gasteiger partial charge in [-0.05, 0) is 59.4 Å². The highest BCUT2D eigenvalue weighted by Gasteiger charge is 2.07. The first kappa shape index (κ1) is 19.8. The summed E-state index contributed by atoms with van der Waals surface area (Å²) in [5, 5.41) is 19.1. The Morgan fingerprint density at radius 3 is 1.73 bits per heavy atom. The molecule has 0 fully saturated rings. The molecule has 0 aliphatic heterocycles. The van der Waals surface area contributed by atoms with Gasteiger partial charge in [0.15, 0.2) is 0 Å². The van der Waals surface area contributed by atoms with Gasteiger partial charge in [0, 0.05) is 0 Å². The molecule has 0 heterocycles. The van der Waals surface area contributed by atoms with E-state index in [1.54, 1.807) is 20.3 Å². The van der Waals surface area contributed by atoms with E-state index in [-0.39, 0.29) is 13.2 Å². The molecular weight excluding hydrogens is 328 g/mol. The van der Waals surface area contributed by atoms with Crippen LogP contribution in [-0.4, -0.2) is 37.6 Å². The van der Waals surface area contributed by atoms with E-state index < -0.39 is 0 Å². The fraction of sp³-hybridized carbons (Fsp3) is 0.273. The maximum absolute atomic E-state index is 9.92. The van der Waals surface area contributed by atoms with Crippen molar-refractivity contribution in [2.75, 3.05) is 27.4 Å². The molecule has 0 aromatic heterocycles. The summed E-state index contributed by atoms with van der Waals surface area (Å²) in [7, 11) is 3.28. The molecule has 26 heavy (non-hydrogen) atoms. The molecule has 0 aliphatic rings. The quantitative estimate of drug-likeness (QED) is 0.678. The first-order chi connectivity index (χ1) is 12.7. The number of hydrogen-bond acceptors (Lipinski definition) is 4. The van der Waals surface area contributed by atoms with Gasteiger partial charge in [0.2, 0.25) is 0 Å². The Morgan fingerprint density at radius 2 is 1.31 bits per heavy atom. The highest BCUT2D eigenvalue weighted by atomic mass is 16.5. The minimum atomic E-state index is -0.0344. The van der Waals surface area contributed by atoms with Crippen molar-refractivity contribution in [2.45, 2.75) is 12.8 Å². The maximum Gasteiger partial charge on any atom is 0.118 e. The van der Waals surface area contributed by atoms with E-state index in [1.165, 1.54) is 0 Å². The Hall–Kier alpha value is -2.56. The number of ether oxygens (including phenoxy) is 2. The lowest BCUT2D eigenvalue weighted by molar-refractivity contribution is 0.327. The fourth-order valence-electron chi connectivity index (χ4n) is 2.72. The first-order valence-corrected chi connectivity index (χ1v) is 8.55. The van der Waals surface area contributed by atoms with Crippen molar-refractivity contribution in [1.82, 2.24) is 0 Å². The summed E-state index contributed by atoms with van der Waals surface area (Å²) >= 11 is 0. The van der Waals surface area contributed by atoms with Crippen molar-refractivity contribution in [3.05, 3.63) is 83.0 Å². The number of aliphatic hydroxyl groups is 2. The molecule has 0 amide bonds. The highest BCUT2D eigenvalue weighted by Crippen LogP contribution is 2.21. The monoisotopic (exact) mass is 354 g/mol. The predicted octanol–water partition coefficient (Wildman–Crippen LogP) is 3.33. The number of aliphatic hydroxyl groups excluding tert-OH is 2. The van der Waals surface area contributed by atoms with Gasteiger partial charge in [-0.15, -0.1) is 0 Å². The molecule has 2 aromatic carbocycles. The molecular formula is C22H26O4. The second-order valence-corrected chi connectivity index (χ2v) is 5.92. The maximum atomic E-state index is 9.92. The van der Waals surface area contributed by atoms with Gasteiger partial charge in [-0.1, -0.05) is 36.4 Å². The van der Waals surface area contributed by atoms with E-state index in [2.05, 4.69) is 0 Å². The highest BCUT2D eigenvalue weighted by molar-refractivity contribution is 5.38. The topological polar surface area (TPSA) is 58.9 Å². The third-order valence-electron chi connectivity index (χ3n) is 4.20. The van der Waals surface area contributed by atoms with Crippen LogP contribution in [0.3, 0.4) is 0 Å². The van der Waals surface area contributed by atoms with Crippen LogP contribution in [0.15, 0.2) is 71.8 Å². The van der Waals surface area contributed by atoms with Crippen LogP contribution in [0, 0.1) is 0 Å². The molecule has 0 radical (unpaired) electrons. The summed E-state index contributed by atoms with van der Waals surface area (Å²) in [6.45, 7) is -0.0688. The molecule has 0 bridgehead atoms. The molecule has 2 N–H and O–H groups in total. The van der Waals surface area contributed by atoms with Crippen LogP contribution in [-0.2, 0) is 12.8 Å². The second kappa shape index (κ2) is 10.4. The Labute approximate surface area is 155 Å². The molecule has 0 saturated carbocycles. The van der Waals surface area contributed by atoms with Crippen molar-refractivity contribution in [2.24, 2.45) is 0 Å². The average Bonchev–Trinajstić information content (AvgIpc) is 2.70. The van der Waals surface area contributed by atoms with Crippen molar-refractivity contribution in [3.63, 3.8) is 0 Å². The average molecular weight is 354 g/mol. The Bertz CT molecular complexity index is 728. The number of hydrogen-bond donors (Lipinski definition) is 2. The van der Waals surface area contributed by atoms with Gasteiger partial charge in [-0.2, -0.15) is 0 Å². The normalized spacial score (nSPS) is 12.2. The van der Waals surface area contributed by atoms with Crippen molar-refractivity contribution < 1.29 is 19.7 Å². The van der Waals surface area contributed by atoms with Crippen LogP contribution in [0.5, 0.6) is 11.5 Å². The Kier molecular flexibility index (Phi) is 7.93. The third kappa shape index (κ3) is 5.76. The van der Waals surface area contributed by atoms with Crippen LogP contribution in [0.2, 0.25) is 0 Å². The zero-order valence-corrected chi connectivity index (χ0v) is 15.3. The Morgan fingerprint density at radius 1 is 0.808 bits per heavy atom. The van der Waals surface area contributed by atoms with Gasteiger partial charge in [0.05, 0.1) is 27.4 Å². The number of methoxy groups -OCH3 is 2. The molecule has 0 saturated heterocycles. The lowest BCUT2D eigenvalue weighted by atomic mass is 9.95. The van der Waals surface area contributed by atoms with Crippen LogP contribution in [0.1, 0.15) is 11.1 Å².